The number of benzene rings is 1. The maximum atomic E-state index is 12.4. The van der Waals surface area contributed by atoms with E-state index >= 15 is 0 Å². The number of hydrogen-bond acceptors (Lipinski definition) is 3. The fraction of sp³-hybridized carbons (Fsp3) is 0.500. The van der Waals surface area contributed by atoms with Crippen molar-refractivity contribution in [3.63, 3.8) is 0 Å². The van der Waals surface area contributed by atoms with Crippen LogP contribution in [0.1, 0.15) is 42.2 Å². The van der Waals surface area contributed by atoms with E-state index in [1.165, 1.54) is 25.9 Å². The van der Waals surface area contributed by atoms with Gasteiger partial charge in [-0.1, -0.05) is 25.1 Å². The lowest BCUT2D eigenvalue weighted by Gasteiger charge is -2.30. The molecule has 3 rings (SSSR count). The molecule has 5 nitrogen and oxygen atoms in total. The molecule has 1 aromatic carbocycles. The zero-order valence-electron chi connectivity index (χ0n) is 15.2. The van der Waals surface area contributed by atoms with Gasteiger partial charge in [-0.25, -0.2) is 4.68 Å². The Bertz CT molecular complexity index is 687. The predicted octanol–water partition coefficient (Wildman–Crippen LogP) is 3.03. The first-order valence-corrected chi connectivity index (χ1v) is 9.25. The number of para-hydroxylation sites is 1. The molecule has 2 heterocycles. The Morgan fingerprint density at radius 1 is 1.24 bits per heavy atom. The number of rotatable bonds is 6. The first-order valence-electron chi connectivity index (χ1n) is 9.25. The molecule has 25 heavy (non-hydrogen) atoms. The van der Waals surface area contributed by atoms with Crippen LogP contribution in [0.4, 0.5) is 0 Å². The van der Waals surface area contributed by atoms with Crippen molar-refractivity contribution in [1.82, 2.24) is 20.0 Å². The van der Waals surface area contributed by atoms with Crippen LogP contribution >= 0.6 is 0 Å². The molecule has 0 radical (unpaired) electrons. The van der Waals surface area contributed by atoms with E-state index in [0.29, 0.717) is 12.1 Å². The van der Waals surface area contributed by atoms with Gasteiger partial charge < -0.3 is 10.2 Å². The summed E-state index contributed by atoms with van der Waals surface area (Å²) < 4.78 is 1.81. The van der Waals surface area contributed by atoms with Crippen LogP contribution in [0.5, 0.6) is 0 Å². The van der Waals surface area contributed by atoms with E-state index in [1.807, 2.05) is 41.9 Å². The molecule has 0 aliphatic carbocycles. The van der Waals surface area contributed by atoms with Crippen molar-refractivity contribution in [2.45, 2.75) is 33.1 Å². The van der Waals surface area contributed by atoms with Crippen molar-refractivity contribution in [2.75, 3.05) is 26.2 Å². The van der Waals surface area contributed by atoms with Crippen molar-refractivity contribution in [3.8, 4) is 5.69 Å². The van der Waals surface area contributed by atoms with E-state index in [1.54, 1.807) is 6.20 Å². The molecule has 0 saturated carbocycles. The Morgan fingerprint density at radius 3 is 2.68 bits per heavy atom. The average Bonchev–Trinajstić information content (AvgIpc) is 3.02. The Labute approximate surface area is 150 Å². The molecule has 1 aliphatic heterocycles. The minimum atomic E-state index is -0.0352. The highest BCUT2D eigenvalue weighted by Gasteiger charge is 2.16. The Balaban J connectivity index is 1.48. The van der Waals surface area contributed by atoms with Crippen LogP contribution < -0.4 is 5.32 Å². The van der Waals surface area contributed by atoms with Gasteiger partial charge in [-0.05, 0) is 63.9 Å². The molecule has 1 saturated heterocycles. The summed E-state index contributed by atoms with van der Waals surface area (Å²) >= 11 is 0. The third kappa shape index (κ3) is 4.48. The van der Waals surface area contributed by atoms with Crippen molar-refractivity contribution >= 4 is 5.91 Å². The number of likely N-dealkylation sites (tertiary alicyclic amines) is 1. The summed E-state index contributed by atoms with van der Waals surface area (Å²) in [6, 6.07) is 9.89. The summed E-state index contributed by atoms with van der Waals surface area (Å²) in [5.41, 5.74) is 2.49. The number of piperidine rings is 1. The van der Waals surface area contributed by atoms with Crippen LogP contribution in [0.15, 0.2) is 36.5 Å². The third-order valence-electron chi connectivity index (χ3n) is 5.07. The van der Waals surface area contributed by atoms with Crippen molar-refractivity contribution in [1.29, 1.82) is 0 Å². The minimum Gasteiger partial charge on any atom is -0.352 e. The molecule has 1 aromatic heterocycles. The first-order chi connectivity index (χ1) is 12.1. The second kappa shape index (κ2) is 8.30. The molecular formula is C20H28N4O. The largest absolute Gasteiger partial charge is 0.352 e. The summed E-state index contributed by atoms with van der Waals surface area (Å²) in [4.78, 5) is 14.9. The maximum absolute atomic E-state index is 12.4. The van der Waals surface area contributed by atoms with Gasteiger partial charge in [0.15, 0.2) is 0 Å². The monoisotopic (exact) mass is 340 g/mol. The second-order valence-corrected chi connectivity index (χ2v) is 7.02. The smallest absolute Gasteiger partial charge is 0.254 e. The van der Waals surface area contributed by atoms with Crippen LogP contribution in [0.25, 0.3) is 5.69 Å². The molecule has 2 aromatic rings. The van der Waals surface area contributed by atoms with Gasteiger partial charge in [0.1, 0.15) is 0 Å². The molecule has 0 bridgehead atoms. The number of amides is 1. The molecule has 1 fully saturated rings. The lowest BCUT2D eigenvalue weighted by atomic mass is 9.99. The summed E-state index contributed by atoms with van der Waals surface area (Å²) in [5, 5.41) is 7.40. The average molecular weight is 340 g/mol. The van der Waals surface area contributed by atoms with Crippen LogP contribution in [0.2, 0.25) is 0 Å². The number of nitrogens with zero attached hydrogens (tertiary/aromatic N) is 3. The first kappa shape index (κ1) is 17.7. The molecule has 1 aliphatic rings. The zero-order valence-corrected chi connectivity index (χ0v) is 15.2. The van der Waals surface area contributed by atoms with Crippen LogP contribution in [-0.4, -0.2) is 46.8 Å². The van der Waals surface area contributed by atoms with Crippen LogP contribution in [-0.2, 0) is 0 Å². The van der Waals surface area contributed by atoms with Crippen LogP contribution in [0, 0.1) is 12.8 Å². The van der Waals surface area contributed by atoms with Gasteiger partial charge in [0.2, 0.25) is 0 Å². The zero-order chi connectivity index (χ0) is 17.6. The Hall–Kier alpha value is -2.14. The quantitative estimate of drug-likeness (QED) is 0.823. The van der Waals surface area contributed by atoms with Crippen LogP contribution in [0.3, 0.4) is 0 Å². The minimum absolute atomic E-state index is 0.0352. The molecule has 1 amide bonds. The van der Waals surface area contributed by atoms with Crippen molar-refractivity contribution < 1.29 is 4.79 Å². The molecular weight excluding hydrogens is 312 g/mol. The molecule has 1 N–H and O–H groups in total. The standard InChI is InChI=1S/C20H28N4O/c1-16-9-13-23(14-10-16)12-6-11-21-20(25)19-15-22-24(17(19)2)18-7-4-3-5-8-18/h3-5,7-8,15-16H,6,9-14H2,1-2H3,(H,21,25). The number of aromatic nitrogens is 2. The molecule has 0 atom stereocenters. The number of nitrogens with one attached hydrogen (secondary N) is 1. The molecule has 0 spiro atoms. The predicted molar refractivity (Wildman–Crippen MR) is 100 cm³/mol. The molecule has 0 unspecified atom stereocenters. The van der Waals surface area contributed by atoms with E-state index < -0.39 is 0 Å². The summed E-state index contributed by atoms with van der Waals surface area (Å²) in [5.74, 6) is 0.826. The highest BCUT2D eigenvalue weighted by molar-refractivity contribution is 5.95. The number of hydrogen-bond donors (Lipinski definition) is 1. The van der Waals surface area contributed by atoms with E-state index in [9.17, 15) is 4.79 Å². The number of carbonyl (C=O) groups is 1. The van der Waals surface area contributed by atoms with Gasteiger partial charge in [0.05, 0.1) is 23.1 Å². The summed E-state index contributed by atoms with van der Waals surface area (Å²) in [7, 11) is 0. The Kier molecular flexibility index (Phi) is 5.87. The fourth-order valence-electron chi connectivity index (χ4n) is 3.35. The lowest BCUT2D eigenvalue weighted by Crippen LogP contribution is -2.35. The normalized spacial score (nSPS) is 16.1. The second-order valence-electron chi connectivity index (χ2n) is 7.02. The van der Waals surface area contributed by atoms with Gasteiger partial charge in [-0.2, -0.15) is 5.10 Å². The van der Waals surface area contributed by atoms with Gasteiger partial charge in [0.25, 0.3) is 5.91 Å². The Morgan fingerprint density at radius 2 is 1.96 bits per heavy atom. The summed E-state index contributed by atoms with van der Waals surface area (Å²) in [6.45, 7) is 8.42. The summed E-state index contributed by atoms with van der Waals surface area (Å²) in [6.07, 6.45) is 5.24. The van der Waals surface area contributed by atoms with Crippen molar-refractivity contribution in [2.24, 2.45) is 5.92 Å². The van der Waals surface area contributed by atoms with Gasteiger partial charge in [-0.15, -0.1) is 0 Å². The van der Waals surface area contributed by atoms with Crippen molar-refractivity contribution in [3.05, 3.63) is 47.8 Å². The highest BCUT2D eigenvalue weighted by Crippen LogP contribution is 2.16. The third-order valence-corrected chi connectivity index (χ3v) is 5.07. The van der Waals surface area contributed by atoms with E-state index in [4.69, 9.17) is 0 Å². The maximum Gasteiger partial charge on any atom is 0.254 e. The van der Waals surface area contributed by atoms with E-state index in [0.717, 1.165) is 30.3 Å². The lowest BCUT2D eigenvalue weighted by molar-refractivity contribution is 0.0950. The van der Waals surface area contributed by atoms with Gasteiger partial charge >= 0.3 is 0 Å². The number of carbonyl (C=O) groups excluding carboxylic acids is 1. The van der Waals surface area contributed by atoms with Gasteiger partial charge in [0, 0.05) is 6.54 Å². The topological polar surface area (TPSA) is 50.2 Å². The van der Waals surface area contributed by atoms with E-state index in [-0.39, 0.29) is 5.91 Å². The molecule has 134 valence electrons. The van der Waals surface area contributed by atoms with E-state index in [2.05, 4.69) is 22.2 Å². The SMILES string of the molecule is Cc1c(C(=O)NCCCN2CCC(C)CC2)cnn1-c1ccccc1. The van der Waals surface area contributed by atoms with Gasteiger partial charge in [-0.3, -0.25) is 4.79 Å². The highest BCUT2D eigenvalue weighted by atomic mass is 16.1. The fourth-order valence-corrected chi connectivity index (χ4v) is 3.35. The molecule has 5 heteroatoms.